The molecule has 0 fully saturated rings. The van der Waals surface area contributed by atoms with Gasteiger partial charge in [-0.25, -0.2) is 0 Å². The second-order valence-corrected chi connectivity index (χ2v) is 3.56. The number of nitrogens with zero attached hydrogens (tertiary/aromatic N) is 1. The van der Waals surface area contributed by atoms with Crippen LogP contribution in [0.3, 0.4) is 0 Å². The zero-order valence-electron chi connectivity index (χ0n) is 8.66. The van der Waals surface area contributed by atoms with E-state index in [-0.39, 0.29) is 0 Å². The lowest BCUT2D eigenvalue weighted by molar-refractivity contribution is 0.491. The molecule has 0 bridgehead atoms. The van der Waals surface area contributed by atoms with E-state index in [0.29, 0.717) is 0 Å². The Hall–Kier alpha value is -1.09. The van der Waals surface area contributed by atoms with E-state index in [9.17, 15) is 0 Å². The Morgan fingerprint density at radius 1 is 1.36 bits per heavy atom. The van der Waals surface area contributed by atoms with Crippen molar-refractivity contribution in [1.82, 2.24) is 10.2 Å². The Morgan fingerprint density at radius 3 is 2.57 bits per heavy atom. The van der Waals surface area contributed by atoms with Gasteiger partial charge in [0.05, 0.1) is 0 Å². The molecular formula is C11H16N2S. The Balaban J connectivity index is 2.49. The van der Waals surface area contributed by atoms with Crippen molar-refractivity contribution in [2.24, 2.45) is 0 Å². The highest BCUT2D eigenvalue weighted by atomic mass is 32.1. The van der Waals surface area contributed by atoms with Gasteiger partial charge >= 0.3 is 0 Å². The molecule has 1 aromatic carbocycles. The van der Waals surface area contributed by atoms with Crippen LogP contribution in [0.1, 0.15) is 12.5 Å². The number of thiocarbonyl (C=S) groups is 1. The van der Waals surface area contributed by atoms with Crippen molar-refractivity contribution >= 4 is 17.3 Å². The van der Waals surface area contributed by atoms with Crippen molar-refractivity contribution in [3.05, 3.63) is 35.9 Å². The molecule has 0 aliphatic carbocycles. The lowest BCUT2D eigenvalue weighted by atomic mass is 10.2. The lowest BCUT2D eigenvalue weighted by Gasteiger charge is -2.20. The topological polar surface area (TPSA) is 15.3 Å². The zero-order chi connectivity index (χ0) is 10.4. The third-order valence-corrected chi connectivity index (χ3v) is 2.39. The van der Waals surface area contributed by atoms with Gasteiger partial charge in [-0.1, -0.05) is 30.3 Å². The maximum atomic E-state index is 5.19. The quantitative estimate of drug-likeness (QED) is 0.765. The van der Waals surface area contributed by atoms with E-state index in [1.165, 1.54) is 5.56 Å². The Labute approximate surface area is 90.9 Å². The highest BCUT2D eigenvalue weighted by Crippen LogP contribution is 2.02. The van der Waals surface area contributed by atoms with E-state index in [0.717, 1.165) is 18.2 Å². The lowest BCUT2D eigenvalue weighted by Crippen LogP contribution is -2.36. The zero-order valence-corrected chi connectivity index (χ0v) is 9.47. The van der Waals surface area contributed by atoms with Crippen LogP contribution in [0.25, 0.3) is 0 Å². The summed E-state index contributed by atoms with van der Waals surface area (Å²) in [4.78, 5) is 2.04. The van der Waals surface area contributed by atoms with E-state index in [1.807, 2.05) is 37.1 Å². The maximum absolute atomic E-state index is 5.19. The first kappa shape index (κ1) is 11.0. The van der Waals surface area contributed by atoms with Crippen LogP contribution in [0.15, 0.2) is 30.3 Å². The van der Waals surface area contributed by atoms with Crippen LogP contribution in [0.5, 0.6) is 0 Å². The highest BCUT2D eigenvalue weighted by molar-refractivity contribution is 7.80. The van der Waals surface area contributed by atoms with E-state index in [1.54, 1.807) is 0 Å². The van der Waals surface area contributed by atoms with Crippen molar-refractivity contribution in [3.8, 4) is 0 Å². The van der Waals surface area contributed by atoms with Gasteiger partial charge in [-0.2, -0.15) is 0 Å². The van der Waals surface area contributed by atoms with Crippen molar-refractivity contribution in [1.29, 1.82) is 0 Å². The summed E-state index contributed by atoms with van der Waals surface area (Å²) in [6.45, 7) is 3.77. The van der Waals surface area contributed by atoms with Crippen molar-refractivity contribution in [2.45, 2.75) is 13.5 Å². The van der Waals surface area contributed by atoms with Gasteiger partial charge in [0, 0.05) is 20.1 Å². The van der Waals surface area contributed by atoms with E-state index < -0.39 is 0 Å². The minimum Gasteiger partial charge on any atom is -0.363 e. The average molecular weight is 208 g/mol. The van der Waals surface area contributed by atoms with E-state index >= 15 is 0 Å². The second-order valence-electron chi connectivity index (χ2n) is 3.18. The molecule has 3 heteroatoms. The SMILES string of the molecule is CCNC(=S)N(C)Cc1ccccc1. The maximum Gasteiger partial charge on any atom is 0.168 e. The average Bonchev–Trinajstić information content (AvgIpc) is 2.19. The summed E-state index contributed by atoms with van der Waals surface area (Å²) in [6, 6.07) is 10.3. The van der Waals surface area contributed by atoms with Crippen molar-refractivity contribution in [3.63, 3.8) is 0 Å². The fraction of sp³-hybridized carbons (Fsp3) is 0.364. The molecule has 0 saturated heterocycles. The third-order valence-electron chi connectivity index (χ3n) is 1.94. The molecular weight excluding hydrogens is 192 g/mol. The fourth-order valence-electron chi connectivity index (χ4n) is 1.22. The summed E-state index contributed by atoms with van der Waals surface area (Å²) < 4.78 is 0. The molecule has 14 heavy (non-hydrogen) atoms. The number of rotatable bonds is 3. The molecule has 1 rings (SSSR count). The predicted molar refractivity (Wildman–Crippen MR) is 64.2 cm³/mol. The van der Waals surface area contributed by atoms with Gasteiger partial charge in [-0.05, 0) is 24.7 Å². The first-order chi connectivity index (χ1) is 6.74. The van der Waals surface area contributed by atoms with Gasteiger partial charge < -0.3 is 10.2 Å². The Bertz CT molecular complexity index is 285. The first-order valence-corrected chi connectivity index (χ1v) is 5.17. The molecule has 0 spiro atoms. The van der Waals surface area contributed by atoms with E-state index in [2.05, 4.69) is 17.4 Å². The summed E-state index contributed by atoms with van der Waals surface area (Å²) in [5, 5.41) is 3.93. The molecule has 0 unspecified atom stereocenters. The van der Waals surface area contributed by atoms with Gasteiger partial charge in [-0.3, -0.25) is 0 Å². The van der Waals surface area contributed by atoms with Crippen LogP contribution >= 0.6 is 12.2 Å². The Kier molecular flexibility index (Phi) is 4.40. The molecule has 2 nitrogen and oxygen atoms in total. The molecule has 0 saturated carbocycles. The molecule has 0 aliphatic rings. The van der Waals surface area contributed by atoms with Crippen molar-refractivity contribution in [2.75, 3.05) is 13.6 Å². The first-order valence-electron chi connectivity index (χ1n) is 4.77. The largest absolute Gasteiger partial charge is 0.363 e. The van der Waals surface area contributed by atoms with Gasteiger partial charge in [0.1, 0.15) is 0 Å². The summed E-state index contributed by atoms with van der Waals surface area (Å²) >= 11 is 5.19. The number of hydrogen-bond donors (Lipinski definition) is 1. The number of benzene rings is 1. The van der Waals surface area contributed by atoms with E-state index in [4.69, 9.17) is 12.2 Å². The predicted octanol–water partition coefficient (Wildman–Crippen LogP) is 2.01. The van der Waals surface area contributed by atoms with Crippen LogP contribution < -0.4 is 5.32 Å². The standard InChI is InChI=1S/C11H16N2S/c1-3-12-11(14)13(2)9-10-7-5-4-6-8-10/h4-8H,3,9H2,1-2H3,(H,12,14). The third kappa shape index (κ3) is 3.34. The molecule has 0 amide bonds. The molecule has 76 valence electrons. The van der Waals surface area contributed by atoms with Crippen LogP contribution in [0.2, 0.25) is 0 Å². The smallest absolute Gasteiger partial charge is 0.168 e. The van der Waals surface area contributed by atoms with Crippen molar-refractivity contribution < 1.29 is 0 Å². The van der Waals surface area contributed by atoms with Gasteiger partial charge in [0.2, 0.25) is 0 Å². The molecule has 0 radical (unpaired) electrons. The highest BCUT2D eigenvalue weighted by Gasteiger charge is 2.02. The summed E-state index contributed by atoms with van der Waals surface area (Å²) in [5.74, 6) is 0. The minimum absolute atomic E-state index is 0.802. The summed E-state index contributed by atoms with van der Waals surface area (Å²) in [7, 11) is 2.00. The summed E-state index contributed by atoms with van der Waals surface area (Å²) in [5.41, 5.74) is 1.27. The molecule has 1 aromatic rings. The van der Waals surface area contributed by atoms with Gasteiger partial charge in [-0.15, -0.1) is 0 Å². The molecule has 0 heterocycles. The van der Waals surface area contributed by atoms with Crippen LogP contribution in [-0.4, -0.2) is 23.6 Å². The Morgan fingerprint density at radius 2 is 2.00 bits per heavy atom. The van der Waals surface area contributed by atoms with Gasteiger partial charge in [0.15, 0.2) is 5.11 Å². The molecule has 0 atom stereocenters. The molecule has 1 N–H and O–H groups in total. The summed E-state index contributed by atoms with van der Waals surface area (Å²) in [6.07, 6.45) is 0. The molecule has 0 aromatic heterocycles. The van der Waals surface area contributed by atoms with Gasteiger partial charge in [0.25, 0.3) is 0 Å². The second kappa shape index (κ2) is 5.60. The van der Waals surface area contributed by atoms with Crippen LogP contribution in [0, 0.1) is 0 Å². The number of nitrogens with one attached hydrogen (secondary N) is 1. The van der Waals surface area contributed by atoms with Crippen LogP contribution in [-0.2, 0) is 6.54 Å². The normalized spacial score (nSPS) is 9.57. The minimum atomic E-state index is 0.802. The number of hydrogen-bond acceptors (Lipinski definition) is 1. The van der Waals surface area contributed by atoms with Crippen LogP contribution in [0.4, 0.5) is 0 Å². The fourth-order valence-corrected chi connectivity index (χ4v) is 1.42. The monoisotopic (exact) mass is 208 g/mol. The molecule has 0 aliphatic heterocycles.